The fourth-order valence-corrected chi connectivity index (χ4v) is 2.02. The number of pyridine rings is 1. The van der Waals surface area contributed by atoms with Crippen LogP contribution in [0.15, 0.2) is 23.4 Å². The molecule has 1 aromatic heterocycles. The van der Waals surface area contributed by atoms with Crippen LogP contribution in [0.2, 0.25) is 0 Å². The van der Waals surface area contributed by atoms with Crippen molar-refractivity contribution in [1.82, 2.24) is 0 Å². The maximum absolute atomic E-state index is 12.6. The fourth-order valence-electron chi connectivity index (χ4n) is 1.13. The number of hydrogen-bond donors (Lipinski definition) is 0. The van der Waals surface area contributed by atoms with Gasteiger partial charge < -0.3 is 9.94 Å². The van der Waals surface area contributed by atoms with Crippen molar-refractivity contribution in [3.05, 3.63) is 23.7 Å². The molecule has 0 saturated heterocycles. The van der Waals surface area contributed by atoms with Crippen molar-refractivity contribution in [2.24, 2.45) is 0 Å². The van der Waals surface area contributed by atoms with E-state index >= 15 is 0 Å². The van der Waals surface area contributed by atoms with Gasteiger partial charge in [0, 0.05) is 13.0 Å². The van der Waals surface area contributed by atoms with Crippen LogP contribution in [0.4, 0.5) is 8.78 Å². The lowest BCUT2D eigenvalue weighted by Crippen LogP contribution is -2.28. The van der Waals surface area contributed by atoms with Crippen molar-refractivity contribution in [2.45, 2.75) is 24.7 Å². The Kier molecular flexibility index (Phi) is 4.10. The van der Waals surface area contributed by atoms with E-state index in [1.807, 2.05) is 0 Å². The molecule has 8 heteroatoms. The van der Waals surface area contributed by atoms with Gasteiger partial charge in [0.25, 0.3) is 5.92 Å². The topological polar surface area (TPSA) is 70.3 Å². The van der Waals surface area contributed by atoms with E-state index in [1.165, 1.54) is 6.92 Å². The highest BCUT2D eigenvalue weighted by Gasteiger charge is 2.23. The van der Waals surface area contributed by atoms with Crippen molar-refractivity contribution < 1.29 is 26.7 Å². The number of alkyl halides is 2. The standard InChI is InChI=1S/C10H13F2NO4S/c1-3-18(15,16)9-4-8(5-13(14)6-9)17-7-10(2,11)12/h4-6H,3,7H2,1-2H3. The van der Waals surface area contributed by atoms with Crippen LogP contribution >= 0.6 is 0 Å². The van der Waals surface area contributed by atoms with Crippen molar-refractivity contribution >= 4 is 9.84 Å². The van der Waals surface area contributed by atoms with Crippen LogP contribution in [0.1, 0.15) is 13.8 Å². The Hall–Kier alpha value is -1.44. The summed E-state index contributed by atoms with van der Waals surface area (Å²) in [6.45, 7) is 1.14. The van der Waals surface area contributed by atoms with Crippen molar-refractivity contribution in [3.8, 4) is 5.75 Å². The Labute approximate surface area is 104 Å². The maximum Gasteiger partial charge on any atom is 0.278 e. The lowest BCUT2D eigenvalue weighted by molar-refractivity contribution is -0.608. The highest BCUT2D eigenvalue weighted by Crippen LogP contribution is 2.19. The second-order valence-corrected chi connectivity index (χ2v) is 6.11. The van der Waals surface area contributed by atoms with Crippen molar-refractivity contribution in [1.29, 1.82) is 0 Å². The van der Waals surface area contributed by atoms with E-state index in [0.29, 0.717) is 6.92 Å². The molecular weight excluding hydrogens is 268 g/mol. The summed E-state index contributed by atoms with van der Waals surface area (Å²) in [7, 11) is -3.59. The lowest BCUT2D eigenvalue weighted by atomic mass is 10.4. The number of ether oxygens (including phenoxy) is 1. The normalized spacial score (nSPS) is 12.4. The Balaban J connectivity index is 3.02. The Bertz CT molecular complexity index is 525. The smallest absolute Gasteiger partial charge is 0.278 e. The zero-order chi connectivity index (χ0) is 14.0. The van der Waals surface area contributed by atoms with Crippen LogP contribution in [0.25, 0.3) is 0 Å². The van der Waals surface area contributed by atoms with E-state index in [1.54, 1.807) is 0 Å². The van der Waals surface area contributed by atoms with E-state index in [9.17, 15) is 22.4 Å². The summed E-state index contributed by atoms with van der Waals surface area (Å²) >= 11 is 0. The summed E-state index contributed by atoms with van der Waals surface area (Å²) in [4.78, 5) is -0.253. The fraction of sp³-hybridized carbons (Fsp3) is 0.500. The number of sulfone groups is 1. The van der Waals surface area contributed by atoms with Gasteiger partial charge in [0.2, 0.25) is 6.20 Å². The molecule has 0 aromatic carbocycles. The maximum atomic E-state index is 12.6. The van der Waals surface area contributed by atoms with Gasteiger partial charge in [-0.05, 0) is 0 Å². The molecule has 102 valence electrons. The molecule has 0 unspecified atom stereocenters. The molecule has 0 aliphatic heterocycles. The summed E-state index contributed by atoms with van der Waals surface area (Å²) in [5.74, 6) is -3.46. The summed E-state index contributed by atoms with van der Waals surface area (Å²) in [5.41, 5.74) is 0. The van der Waals surface area contributed by atoms with Crippen LogP contribution < -0.4 is 9.47 Å². The first kappa shape index (κ1) is 14.6. The van der Waals surface area contributed by atoms with Gasteiger partial charge in [-0.3, -0.25) is 0 Å². The number of hydrogen-bond acceptors (Lipinski definition) is 4. The second kappa shape index (κ2) is 5.05. The minimum atomic E-state index is -3.59. The SMILES string of the molecule is CCS(=O)(=O)c1cc(OCC(C)(F)F)c[n+]([O-])c1. The number of rotatable bonds is 5. The van der Waals surface area contributed by atoms with Crippen LogP contribution in [0, 0.1) is 5.21 Å². The van der Waals surface area contributed by atoms with E-state index in [2.05, 4.69) is 0 Å². The number of halogens is 2. The molecular formula is C10H13F2NO4S. The van der Waals surface area contributed by atoms with Gasteiger partial charge in [0.15, 0.2) is 28.4 Å². The largest absolute Gasteiger partial charge is 0.619 e. The molecule has 0 amide bonds. The third kappa shape index (κ3) is 4.10. The summed E-state index contributed by atoms with van der Waals surface area (Å²) in [6.07, 6.45) is 1.75. The van der Waals surface area contributed by atoms with Gasteiger partial charge in [-0.2, -0.15) is 4.73 Å². The molecule has 1 aromatic rings. The molecule has 0 bridgehead atoms. The molecule has 0 aliphatic carbocycles. The van der Waals surface area contributed by atoms with Gasteiger partial charge in [0.1, 0.15) is 4.90 Å². The monoisotopic (exact) mass is 281 g/mol. The highest BCUT2D eigenvalue weighted by atomic mass is 32.2. The van der Waals surface area contributed by atoms with Crippen LogP contribution in [0.5, 0.6) is 5.75 Å². The predicted octanol–water partition coefficient (Wildman–Crippen LogP) is 1.15. The first-order valence-corrected chi connectivity index (χ1v) is 6.76. The number of aromatic nitrogens is 1. The zero-order valence-corrected chi connectivity index (χ0v) is 10.7. The quantitative estimate of drug-likeness (QED) is 0.599. The summed E-state index contributed by atoms with van der Waals surface area (Å²) < 4.78 is 53.2. The average molecular weight is 281 g/mol. The molecule has 0 spiro atoms. The molecule has 1 heterocycles. The van der Waals surface area contributed by atoms with Crippen molar-refractivity contribution in [2.75, 3.05) is 12.4 Å². The van der Waals surface area contributed by atoms with Gasteiger partial charge in [-0.15, -0.1) is 0 Å². The van der Waals surface area contributed by atoms with Crippen LogP contribution in [-0.2, 0) is 9.84 Å². The Morgan fingerprint density at radius 2 is 2.06 bits per heavy atom. The molecule has 0 atom stereocenters. The van der Waals surface area contributed by atoms with Gasteiger partial charge in [0.05, 0.1) is 5.75 Å². The first-order valence-electron chi connectivity index (χ1n) is 5.11. The lowest BCUT2D eigenvalue weighted by Gasteiger charge is -2.12. The molecule has 0 N–H and O–H groups in total. The van der Waals surface area contributed by atoms with Crippen LogP contribution in [0.3, 0.4) is 0 Å². The molecule has 5 nitrogen and oxygen atoms in total. The van der Waals surface area contributed by atoms with E-state index in [4.69, 9.17) is 4.74 Å². The second-order valence-electron chi connectivity index (χ2n) is 3.83. The highest BCUT2D eigenvalue weighted by molar-refractivity contribution is 7.91. The van der Waals surface area contributed by atoms with Gasteiger partial charge in [-0.1, -0.05) is 6.92 Å². The van der Waals surface area contributed by atoms with Gasteiger partial charge >= 0.3 is 0 Å². The van der Waals surface area contributed by atoms with Gasteiger partial charge in [-0.25, -0.2) is 17.2 Å². The first-order chi connectivity index (χ1) is 8.14. The van der Waals surface area contributed by atoms with Crippen LogP contribution in [-0.4, -0.2) is 26.7 Å². The third-order valence-electron chi connectivity index (χ3n) is 2.02. The van der Waals surface area contributed by atoms with E-state index in [-0.39, 0.29) is 21.1 Å². The Morgan fingerprint density at radius 3 is 2.56 bits per heavy atom. The minimum absolute atomic E-state index is 0.194. The molecule has 0 radical (unpaired) electrons. The third-order valence-corrected chi connectivity index (χ3v) is 3.73. The molecule has 18 heavy (non-hydrogen) atoms. The Morgan fingerprint density at radius 1 is 1.44 bits per heavy atom. The molecule has 0 saturated carbocycles. The minimum Gasteiger partial charge on any atom is -0.619 e. The van der Waals surface area contributed by atoms with E-state index < -0.39 is 22.4 Å². The predicted molar refractivity (Wildman–Crippen MR) is 59.2 cm³/mol. The number of nitrogens with zero attached hydrogens (tertiary/aromatic N) is 1. The zero-order valence-electron chi connectivity index (χ0n) is 9.89. The van der Waals surface area contributed by atoms with Crippen molar-refractivity contribution in [3.63, 3.8) is 0 Å². The molecule has 0 aliphatic rings. The molecule has 0 fully saturated rings. The summed E-state index contributed by atoms with van der Waals surface area (Å²) in [5, 5.41) is 11.2. The summed E-state index contributed by atoms with van der Waals surface area (Å²) in [6, 6.07) is 1.05. The molecule has 1 rings (SSSR count). The average Bonchev–Trinajstić information content (AvgIpc) is 2.25. The van der Waals surface area contributed by atoms with E-state index in [0.717, 1.165) is 18.5 Å².